The Labute approximate surface area is 108 Å². The van der Waals surface area contributed by atoms with Crippen LogP contribution in [-0.4, -0.2) is 23.0 Å². The third kappa shape index (κ3) is 2.22. The smallest absolute Gasteiger partial charge is 0.275 e. The lowest BCUT2D eigenvalue weighted by atomic mass is 10.2. The summed E-state index contributed by atoms with van der Waals surface area (Å²) in [7, 11) is 0. The number of ether oxygens (including phenoxy) is 2. The highest BCUT2D eigenvalue weighted by Gasteiger charge is 2.16. The van der Waals surface area contributed by atoms with E-state index in [-0.39, 0.29) is 18.4 Å². The van der Waals surface area contributed by atoms with Crippen molar-refractivity contribution in [1.29, 1.82) is 0 Å². The van der Waals surface area contributed by atoms with Gasteiger partial charge in [0, 0.05) is 6.54 Å². The molecule has 0 fully saturated rings. The number of nitrogens with zero attached hydrogens (tertiary/aromatic N) is 2. The molecule has 7 nitrogen and oxygen atoms in total. The number of hydrogen-bond acceptors (Lipinski definition) is 6. The van der Waals surface area contributed by atoms with Crippen LogP contribution in [0.4, 0.5) is 0 Å². The van der Waals surface area contributed by atoms with Crippen LogP contribution in [0.25, 0.3) is 0 Å². The molecule has 1 N–H and O–H groups in total. The third-order valence-corrected chi connectivity index (χ3v) is 2.76. The van der Waals surface area contributed by atoms with Crippen molar-refractivity contribution in [2.24, 2.45) is 0 Å². The molecule has 7 heteroatoms. The van der Waals surface area contributed by atoms with E-state index < -0.39 is 0 Å². The van der Waals surface area contributed by atoms with Crippen molar-refractivity contribution >= 4 is 5.91 Å². The number of nitrogens with one attached hydrogen (secondary N) is 1. The maximum Gasteiger partial charge on any atom is 0.275 e. The van der Waals surface area contributed by atoms with E-state index in [1.54, 1.807) is 6.92 Å². The number of aromatic nitrogens is 2. The van der Waals surface area contributed by atoms with E-state index in [9.17, 15) is 4.79 Å². The Balaban J connectivity index is 1.66. The van der Waals surface area contributed by atoms with Crippen LogP contribution >= 0.6 is 0 Å². The van der Waals surface area contributed by atoms with Gasteiger partial charge in [0.15, 0.2) is 17.2 Å². The molecule has 1 aromatic heterocycles. The molecule has 0 saturated heterocycles. The Bertz CT molecular complexity index is 623. The van der Waals surface area contributed by atoms with Gasteiger partial charge in [-0.3, -0.25) is 4.79 Å². The molecule has 0 bridgehead atoms. The van der Waals surface area contributed by atoms with E-state index in [4.69, 9.17) is 9.47 Å². The molecule has 2 heterocycles. The number of fused-ring (bicyclic) bond motifs is 1. The Morgan fingerprint density at radius 1 is 1.32 bits per heavy atom. The molecule has 1 amide bonds. The molecule has 98 valence electrons. The lowest BCUT2D eigenvalue weighted by Crippen LogP contribution is -2.23. The van der Waals surface area contributed by atoms with Gasteiger partial charge in [0.2, 0.25) is 6.79 Å². The van der Waals surface area contributed by atoms with Crippen molar-refractivity contribution in [3.8, 4) is 11.5 Å². The fourth-order valence-electron chi connectivity index (χ4n) is 1.75. The normalized spacial score (nSPS) is 12.5. The summed E-state index contributed by atoms with van der Waals surface area (Å²) in [6, 6.07) is 5.50. The molecule has 0 radical (unpaired) electrons. The summed E-state index contributed by atoms with van der Waals surface area (Å²) < 4.78 is 15.0. The monoisotopic (exact) mass is 261 g/mol. The van der Waals surface area contributed by atoms with Crippen LogP contribution in [-0.2, 0) is 6.54 Å². The highest BCUT2D eigenvalue weighted by atomic mass is 16.7. The second kappa shape index (κ2) is 4.60. The van der Waals surface area contributed by atoms with Gasteiger partial charge in [0.05, 0.1) is 0 Å². The molecule has 1 aliphatic heterocycles. The maximum absolute atomic E-state index is 11.8. The zero-order valence-electron chi connectivity index (χ0n) is 10.2. The first-order valence-corrected chi connectivity index (χ1v) is 5.70. The molecule has 2 aromatic rings. The van der Waals surface area contributed by atoms with Gasteiger partial charge in [0.25, 0.3) is 5.91 Å². The Kier molecular flexibility index (Phi) is 2.79. The van der Waals surface area contributed by atoms with Crippen LogP contribution in [0.5, 0.6) is 11.5 Å². The second-order valence-electron chi connectivity index (χ2n) is 4.07. The molecular formula is C12H11N3O4. The van der Waals surface area contributed by atoms with E-state index in [1.165, 1.54) is 0 Å². The summed E-state index contributed by atoms with van der Waals surface area (Å²) in [5.41, 5.74) is 1.57. The molecule has 19 heavy (non-hydrogen) atoms. The van der Waals surface area contributed by atoms with Gasteiger partial charge in [-0.15, -0.1) is 0 Å². The first-order chi connectivity index (χ1) is 9.24. The third-order valence-electron chi connectivity index (χ3n) is 2.76. The van der Waals surface area contributed by atoms with Crippen LogP contribution in [0.3, 0.4) is 0 Å². The number of rotatable bonds is 3. The van der Waals surface area contributed by atoms with Crippen molar-refractivity contribution in [2.45, 2.75) is 13.5 Å². The lowest BCUT2D eigenvalue weighted by Gasteiger charge is -2.04. The quantitative estimate of drug-likeness (QED) is 0.888. The molecule has 1 aliphatic rings. The zero-order chi connectivity index (χ0) is 13.2. The molecule has 1 aromatic carbocycles. The minimum Gasteiger partial charge on any atom is -0.454 e. The van der Waals surface area contributed by atoms with Crippen molar-refractivity contribution in [3.05, 3.63) is 35.2 Å². The molecule has 0 aliphatic carbocycles. The summed E-state index contributed by atoms with van der Waals surface area (Å²) in [5.74, 6) is 1.08. The predicted molar refractivity (Wildman–Crippen MR) is 62.8 cm³/mol. The van der Waals surface area contributed by atoms with Crippen LogP contribution in [0.2, 0.25) is 0 Å². The molecule has 0 unspecified atom stereocenters. The van der Waals surface area contributed by atoms with Gasteiger partial charge in [-0.05, 0) is 29.8 Å². The van der Waals surface area contributed by atoms with E-state index in [2.05, 4.69) is 20.3 Å². The van der Waals surface area contributed by atoms with Crippen molar-refractivity contribution < 1.29 is 18.9 Å². The average molecular weight is 261 g/mol. The molecule has 0 spiro atoms. The maximum atomic E-state index is 11.8. The second-order valence-corrected chi connectivity index (χ2v) is 4.07. The average Bonchev–Trinajstić information content (AvgIpc) is 3.03. The van der Waals surface area contributed by atoms with E-state index in [1.807, 2.05) is 18.2 Å². The minimum atomic E-state index is -0.323. The minimum absolute atomic E-state index is 0.195. The molecule has 0 atom stereocenters. The Hall–Kier alpha value is -2.57. The summed E-state index contributed by atoms with van der Waals surface area (Å²) in [6.07, 6.45) is 0. The molecule has 0 saturated carbocycles. The largest absolute Gasteiger partial charge is 0.454 e. The predicted octanol–water partition coefficient (Wildman–Crippen LogP) is 1.04. The highest BCUT2D eigenvalue weighted by molar-refractivity contribution is 5.92. The number of aryl methyl sites for hydroxylation is 1. The first kappa shape index (κ1) is 11.5. The van der Waals surface area contributed by atoms with E-state index in [0.717, 1.165) is 5.56 Å². The van der Waals surface area contributed by atoms with Crippen LogP contribution < -0.4 is 14.8 Å². The van der Waals surface area contributed by atoms with Crippen LogP contribution in [0.1, 0.15) is 21.7 Å². The van der Waals surface area contributed by atoms with Gasteiger partial charge in [-0.2, -0.15) is 0 Å². The number of benzene rings is 1. The topological polar surface area (TPSA) is 86.5 Å². The lowest BCUT2D eigenvalue weighted by molar-refractivity contribution is 0.0940. The molecule has 3 rings (SSSR count). The van der Waals surface area contributed by atoms with Crippen molar-refractivity contribution in [3.63, 3.8) is 0 Å². The van der Waals surface area contributed by atoms with Gasteiger partial charge < -0.3 is 14.8 Å². The van der Waals surface area contributed by atoms with Gasteiger partial charge >= 0.3 is 0 Å². The van der Waals surface area contributed by atoms with Crippen LogP contribution in [0, 0.1) is 6.92 Å². The van der Waals surface area contributed by atoms with Crippen LogP contribution in [0.15, 0.2) is 22.8 Å². The van der Waals surface area contributed by atoms with Gasteiger partial charge in [-0.1, -0.05) is 11.2 Å². The highest BCUT2D eigenvalue weighted by Crippen LogP contribution is 2.32. The summed E-state index contributed by atoms with van der Waals surface area (Å²) in [6.45, 7) is 2.25. The van der Waals surface area contributed by atoms with Gasteiger partial charge in [0.1, 0.15) is 5.69 Å². The van der Waals surface area contributed by atoms with Crippen molar-refractivity contribution in [2.75, 3.05) is 6.79 Å². The summed E-state index contributed by atoms with van der Waals surface area (Å²) in [5, 5.41) is 9.83. The number of carbonyl (C=O) groups excluding carboxylic acids is 1. The van der Waals surface area contributed by atoms with E-state index >= 15 is 0 Å². The number of carbonyl (C=O) groups is 1. The fourth-order valence-corrected chi connectivity index (χ4v) is 1.75. The van der Waals surface area contributed by atoms with Crippen molar-refractivity contribution in [1.82, 2.24) is 15.6 Å². The van der Waals surface area contributed by atoms with Gasteiger partial charge in [-0.25, -0.2) is 4.63 Å². The number of hydrogen-bond donors (Lipinski definition) is 1. The molecular weight excluding hydrogens is 250 g/mol. The first-order valence-electron chi connectivity index (χ1n) is 5.70. The SMILES string of the molecule is Cc1nonc1C(=O)NCc1ccc2c(c1)OCO2. The fraction of sp³-hybridized carbons (Fsp3) is 0.250. The number of amides is 1. The standard InChI is InChI=1S/C12H11N3O4/c1-7-11(15-19-14-7)12(16)13-5-8-2-3-9-10(4-8)18-6-17-9/h2-4H,5-6H2,1H3,(H,13,16). The van der Waals surface area contributed by atoms with E-state index in [0.29, 0.717) is 23.7 Å². The zero-order valence-corrected chi connectivity index (χ0v) is 10.2. The Morgan fingerprint density at radius 2 is 2.16 bits per heavy atom. The Morgan fingerprint density at radius 3 is 2.95 bits per heavy atom. The summed E-state index contributed by atoms with van der Waals surface area (Å²) >= 11 is 0. The summed E-state index contributed by atoms with van der Waals surface area (Å²) in [4.78, 5) is 11.8.